The molecule has 0 spiro atoms. The van der Waals surface area contributed by atoms with Crippen LogP contribution in [0, 0.1) is 5.92 Å². The van der Waals surface area contributed by atoms with Gasteiger partial charge < -0.3 is 36.5 Å². The van der Waals surface area contributed by atoms with Crippen LogP contribution in [-0.2, 0) is 30.4 Å². The van der Waals surface area contributed by atoms with Crippen molar-refractivity contribution >= 4 is 40.6 Å². The second kappa shape index (κ2) is 13.2. The summed E-state index contributed by atoms with van der Waals surface area (Å²) in [7, 11) is 0. The number of aromatic amines is 1. The number of nitrogens with one attached hydrogen (secondary N) is 3. The number of fused-ring (bicyclic) bond motifs is 1. The van der Waals surface area contributed by atoms with E-state index in [1.807, 2.05) is 31.2 Å². The predicted octanol–water partition coefficient (Wildman–Crippen LogP) is 0.994. The van der Waals surface area contributed by atoms with Gasteiger partial charge >= 0.3 is 11.9 Å². The van der Waals surface area contributed by atoms with Crippen LogP contribution in [0.2, 0.25) is 0 Å². The molecular weight excluding hydrogens is 506 g/mol. The zero-order chi connectivity index (χ0) is 28.7. The molecule has 12 heteroatoms. The first-order valence-corrected chi connectivity index (χ1v) is 13.2. The highest BCUT2D eigenvalue weighted by molar-refractivity contribution is 5.95. The molecule has 0 bridgehead atoms. The Morgan fingerprint density at radius 3 is 2.46 bits per heavy atom. The van der Waals surface area contributed by atoms with Crippen LogP contribution in [0.3, 0.4) is 0 Å². The van der Waals surface area contributed by atoms with Crippen molar-refractivity contribution in [1.29, 1.82) is 0 Å². The number of carbonyl (C=O) groups is 5. The van der Waals surface area contributed by atoms with Crippen molar-refractivity contribution in [3.8, 4) is 0 Å². The number of para-hydroxylation sites is 1. The minimum atomic E-state index is -1.25. The maximum atomic E-state index is 13.6. The summed E-state index contributed by atoms with van der Waals surface area (Å²) in [6.07, 6.45) is 2.62. The fourth-order valence-corrected chi connectivity index (χ4v) is 4.80. The highest BCUT2D eigenvalue weighted by Crippen LogP contribution is 2.23. The van der Waals surface area contributed by atoms with Crippen molar-refractivity contribution in [2.45, 2.75) is 76.5 Å². The number of benzene rings is 1. The van der Waals surface area contributed by atoms with E-state index in [9.17, 15) is 34.2 Å². The topological polar surface area (TPSA) is 195 Å². The van der Waals surface area contributed by atoms with Crippen molar-refractivity contribution < 1.29 is 34.2 Å². The minimum Gasteiger partial charge on any atom is -0.481 e. The number of aromatic nitrogens is 1. The van der Waals surface area contributed by atoms with E-state index < -0.39 is 60.2 Å². The molecule has 0 aliphatic carbocycles. The van der Waals surface area contributed by atoms with E-state index in [4.69, 9.17) is 5.73 Å². The molecular formula is C27H37N5O7. The summed E-state index contributed by atoms with van der Waals surface area (Å²) in [5, 5.41) is 24.9. The first-order valence-electron chi connectivity index (χ1n) is 13.2. The van der Waals surface area contributed by atoms with Crippen LogP contribution in [0.25, 0.3) is 10.9 Å². The SMILES string of the molecule is CCC(C)C(N)C(=O)NC(CCC(=O)O)C(=O)NC(Cc1c[nH]c2ccccc12)C(=O)N1CCCC1C(=O)O. The number of carbonyl (C=O) groups excluding carboxylic acids is 3. The highest BCUT2D eigenvalue weighted by atomic mass is 16.4. The Morgan fingerprint density at radius 1 is 1.10 bits per heavy atom. The number of H-pyrrole nitrogens is 1. The molecule has 5 unspecified atom stereocenters. The van der Waals surface area contributed by atoms with Gasteiger partial charge in [0.2, 0.25) is 17.7 Å². The molecule has 3 rings (SSSR count). The predicted molar refractivity (Wildman–Crippen MR) is 143 cm³/mol. The molecule has 1 saturated heterocycles. The molecule has 1 aliphatic rings. The van der Waals surface area contributed by atoms with Crippen LogP contribution in [0.1, 0.15) is 51.5 Å². The van der Waals surface area contributed by atoms with Crippen molar-refractivity contribution in [3.63, 3.8) is 0 Å². The number of carboxylic acids is 2. The Kier molecular flexibility index (Phi) is 10.0. The number of aliphatic carboxylic acids is 2. The normalized spacial score (nSPS) is 18.2. The van der Waals surface area contributed by atoms with Crippen molar-refractivity contribution in [2.24, 2.45) is 11.7 Å². The van der Waals surface area contributed by atoms with E-state index in [2.05, 4.69) is 15.6 Å². The number of carboxylic acid groups (broad SMARTS) is 2. The number of likely N-dealkylation sites (tertiary alicyclic amines) is 1. The molecule has 39 heavy (non-hydrogen) atoms. The van der Waals surface area contributed by atoms with Gasteiger partial charge in [0.25, 0.3) is 0 Å². The molecule has 212 valence electrons. The molecule has 1 aromatic heterocycles. The van der Waals surface area contributed by atoms with Gasteiger partial charge in [-0.25, -0.2) is 4.79 Å². The summed E-state index contributed by atoms with van der Waals surface area (Å²) in [4.78, 5) is 67.2. The molecule has 1 fully saturated rings. The first-order chi connectivity index (χ1) is 18.5. The van der Waals surface area contributed by atoms with Crippen molar-refractivity contribution in [3.05, 3.63) is 36.0 Å². The maximum Gasteiger partial charge on any atom is 0.326 e. The van der Waals surface area contributed by atoms with E-state index in [1.165, 1.54) is 4.90 Å². The lowest BCUT2D eigenvalue weighted by Crippen LogP contribution is -2.58. The summed E-state index contributed by atoms with van der Waals surface area (Å²) in [6, 6.07) is 3.12. The minimum absolute atomic E-state index is 0.0589. The van der Waals surface area contributed by atoms with Crippen molar-refractivity contribution in [1.82, 2.24) is 20.5 Å². The van der Waals surface area contributed by atoms with E-state index in [0.717, 1.165) is 16.5 Å². The monoisotopic (exact) mass is 543 g/mol. The second-order valence-electron chi connectivity index (χ2n) is 10.1. The largest absolute Gasteiger partial charge is 0.481 e. The summed E-state index contributed by atoms with van der Waals surface area (Å²) in [5.41, 5.74) is 7.58. The fourth-order valence-electron chi connectivity index (χ4n) is 4.80. The summed E-state index contributed by atoms with van der Waals surface area (Å²) < 4.78 is 0. The number of amides is 3. The summed E-state index contributed by atoms with van der Waals surface area (Å²) >= 11 is 0. The van der Waals surface area contributed by atoms with E-state index in [0.29, 0.717) is 19.3 Å². The van der Waals surface area contributed by atoms with E-state index >= 15 is 0 Å². The van der Waals surface area contributed by atoms with Crippen LogP contribution in [0.4, 0.5) is 0 Å². The lowest BCUT2D eigenvalue weighted by molar-refractivity contribution is -0.149. The Hall–Kier alpha value is -3.93. The third kappa shape index (κ3) is 7.34. The van der Waals surface area contributed by atoms with Gasteiger partial charge in [0, 0.05) is 36.5 Å². The molecule has 5 atom stereocenters. The first kappa shape index (κ1) is 29.6. The van der Waals surface area contributed by atoms with Gasteiger partial charge in [0.1, 0.15) is 18.1 Å². The molecule has 2 aromatic rings. The summed E-state index contributed by atoms with van der Waals surface area (Å²) in [5.74, 6) is -4.35. The third-order valence-corrected chi connectivity index (χ3v) is 7.37. The Labute approximate surface area is 226 Å². The Bertz CT molecular complexity index is 1210. The van der Waals surface area contributed by atoms with E-state index in [1.54, 1.807) is 13.1 Å². The van der Waals surface area contributed by atoms with Crippen LogP contribution < -0.4 is 16.4 Å². The molecule has 7 N–H and O–H groups in total. The average Bonchev–Trinajstić information content (AvgIpc) is 3.57. The zero-order valence-corrected chi connectivity index (χ0v) is 22.2. The van der Waals surface area contributed by atoms with Crippen LogP contribution >= 0.6 is 0 Å². The molecule has 3 amide bonds. The standard InChI is InChI=1S/C27H37N5O7/c1-3-15(2)23(28)25(36)30-19(10-11-22(33)34)24(35)31-20(26(37)32-12-6-9-21(32)27(38)39)13-16-14-29-18-8-5-4-7-17(16)18/h4-5,7-8,14-15,19-21,23,29H,3,6,9-13,28H2,1-2H3,(H,30,36)(H,31,35)(H,33,34)(H,38,39). The maximum absolute atomic E-state index is 13.6. The third-order valence-electron chi connectivity index (χ3n) is 7.37. The second-order valence-corrected chi connectivity index (χ2v) is 10.1. The van der Waals surface area contributed by atoms with Crippen LogP contribution in [0.5, 0.6) is 0 Å². The highest BCUT2D eigenvalue weighted by Gasteiger charge is 2.39. The molecule has 0 saturated carbocycles. The number of nitrogens with two attached hydrogens (primary N) is 1. The average molecular weight is 544 g/mol. The van der Waals surface area contributed by atoms with Gasteiger partial charge in [-0.05, 0) is 36.8 Å². The van der Waals surface area contributed by atoms with Gasteiger partial charge in [-0.3, -0.25) is 19.2 Å². The molecule has 1 aliphatic heterocycles. The Morgan fingerprint density at radius 2 is 1.79 bits per heavy atom. The zero-order valence-electron chi connectivity index (χ0n) is 22.2. The van der Waals surface area contributed by atoms with Gasteiger partial charge in [-0.1, -0.05) is 38.5 Å². The fraction of sp³-hybridized carbons (Fsp3) is 0.519. The van der Waals surface area contributed by atoms with Crippen molar-refractivity contribution in [2.75, 3.05) is 6.54 Å². The number of hydrogen-bond acceptors (Lipinski definition) is 6. The van der Waals surface area contributed by atoms with E-state index in [-0.39, 0.29) is 25.3 Å². The van der Waals surface area contributed by atoms with Gasteiger partial charge in [-0.2, -0.15) is 0 Å². The van der Waals surface area contributed by atoms with Gasteiger partial charge in [0.05, 0.1) is 6.04 Å². The molecule has 0 radical (unpaired) electrons. The number of rotatable bonds is 13. The van der Waals surface area contributed by atoms with Gasteiger partial charge in [-0.15, -0.1) is 0 Å². The molecule has 12 nitrogen and oxygen atoms in total. The molecule has 2 heterocycles. The smallest absolute Gasteiger partial charge is 0.326 e. The molecule has 1 aromatic carbocycles. The van der Waals surface area contributed by atoms with Gasteiger partial charge in [0.15, 0.2) is 0 Å². The van der Waals surface area contributed by atoms with Crippen LogP contribution in [0.15, 0.2) is 30.5 Å². The Balaban J connectivity index is 1.88. The quantitative estimate of drug-likeness (QED) is 0.215. The van der Waals surface area contributed by atoms with Crippen LogP contribution in [-0.4, -0.2) is 80.5 Å². The lowest BCUT2D eigenvalue weighted by Gasteiger charge is -2.29. The lowest BCUT2D eigenvalue weighted by atomic mass is 9.98. The number of hydrogen-bond donors (Lipinski definition) is 6. The number of nitrogens with zero attached hydrogens (tertiary/aromatic N) is 1. The summed E-state index contributed by atoms with van der Waals surface area (Å²) in [6.45, 7) is 3.90.